The molecule has 1 aromatic rings. The first-order chi connectivity index (χ1) is 10.7. The fraction of sp³-hybridized carbons (Fsp3) is 0.750. The van der Waals surface area contributed by atoms with Crippen molar-refractivity contribution >= 4 is 5.82 Å². The normalized spacial score (nSPS) is 25.5. The van der Waals surface area contributed by atoms with Gasteiger partial charge in [0.05, 0.1) is 13.7 Å². The molecule has 4 rings (SSSR count). The second kappa shape index (κ2) is 6.38. The Bertz CT molecular complexity index is 500. The maximum atomic E-state index is 5.53. The summed E-state index contributed by atoms with van der Waals surface area (Å²) in [5, 5.41) is 11.9. The molecule has 3 aliphatic carbocycles. The van der Waals surface area contributed by atoms with Crippen LogP contribution in [-0.2, 0) is 14.9 Å². The minimum atomic E-state index is -0.278. The van der Waals surface area contributed by atoms with Crippen molar-refractivity contribution in [3.63, 3.8) is 0 Å². The standard InChI is InChI=1S/C16H25N3O3/c1-4-21-14(22-5-2)10-17-13-6-12(20-3)15(19-18-13)16-7-11(8-16)9-16/h6,11,14H,4-5,7-10H2,1-3H3,(H,17,18). The van der Waals surface area contributed by atoms with E-state index in [1.54, 1.807) is 7.11 Å². The molecular weight excluding hydrogens is 282 g/mol. The minimum Gasteiger partial charge on any atom is -0.495 e. The van der Waals surface area contributed by atoms with E-state index in [1.807, 2.05) is 19.9 Å². The van der Waals surface area contributed by atoms with E-state index in [-0.39, 0.29) is 11.7 Å². The Morgan fingerprint density at radius 1 is 1.23 bits per heavy atom. The van der Waals surface area contributed by atoms with Gasteiger partial charge < -0.3 is 19.5 Å². The summed E-state index contributed by atoms with van der Waals surface area (Å²) in [6.07, 6.45) is 3.44. The van der Waals surface area contributed by atoms with Crippen LogP contribution in [0.15, 0.2) is 6.07 Å². The Kier molecular flexibility index (Phi) is 4.49. The van der Waals surface area contributed by atoms with Crippen LogP contribution in [0.5, 0.6) is 5.75 Å². The third-order valence-electron chi connectivity index (χ3n) is 4.67. The smallest absolute Gasteiger partial charge is 0.174 e. The van der Waals surface area contributed by atoms with E-state index >= 15 is 0 Å². The molecule has 1 heterocycles. The molecule has 2 bridgehead atoms. The molecule has 3 fully saturated rings. The molecule has 0 unspecified atom stereocenters. The van der Waals surface area contributed by atoms with Crippen LogP contribution >= 0.6 is 0 Å². The number of hydrogen-bond acceptors (Lipinski definition) is 6. The van der Waals surface area contributed by atoms with Gasteiger partial charge in [0.2, 0.25) is 0 Å². The largest absolute Gasteiger partial charge is 0.495 e. The molecule has 0 saturated heterocycles. The molecule has 6 nitrogen and oxygen atoms in total. The van der Waals surface area contributed by atoms with Gasteiger partial charge >= 0.3 is 0 Å². The lowest BCUT2D eigenvalue weighted by molar-refractivity contribution is -0.126. The Hall–Kier alpha value is -1.40. The molecule has 1 aromatic heterocycles. The molecule has 3 aliphatic rings. The summed E-state index contributed by atoms with van der Waals surface area (Å²) >= 11 is 0. The molecular formula is C16H25N3O3. The highest BCUT2D eigenvalue weighted by Gasteiger charge is 2.59. The maximum absolute atomic E-state index is 5.53. The number of hydrogen-bond donors (Lipinski definition) is 1. The third-order valence-corrected chi connectivity index (χ3v) is 4.67. The van der Waals surface area contributed by atoms with Crippen LogP contribution in [0, 0.1) is 5.92 Å². The first-order valence-electron chi connectivity index (χ1n) is 8.10. The van der Waals surface area contributed by atoms with Gasteiger partial charge in [0.1, 0.15) is 11.4 Å². The van der Waals surface area contributed by atoms with Crippen molar-refractivity contribution in [2.24, 2.45) is 5.92 Å². The van der Waals surface area contributed by atoms with Gasteiger partial charge in [-0.1, -0.05) is 0 Å². The van der Waals surface area contributed by atoms with E-state index in [2.05, 4.69) is 15.5 Å². The van der Waals surface area contributed by atoms with E-state index in [0.29, 0.717) is 25.6 Å². The molecule has 0 aliphatic heterocycles. The maximum Gasteiger partial charge on any atom is 0.174 e. The summed E-state index contributed by atoms with van der Waals surface area (Å²) in [5.74, 6) is 2.43. The van der Waals surface area contributed by atoms with E-state index in [9.17, 15) is 0 Å². The van der Waals surface area contributed by atoms with Crippen LogP contribution < -0.4 is 10.1 Å². The molecule has 6 heteroatoms. The van der Waals surface area contributed by atoms with Gasteiger partial charge in [-0.2, -0.15) is 0 Å². The highest BCUT2D eigenvalue weighted by atomic mass is 16.7. The molecule has 0 amide bonds. The second-order valence-corrected chi connectivity index (χ2v) is 6.13. The fourth-order valence-electron chi connectivity index (χ4n) is 3.48. The first-order valence-corrected chi connectivity index (χ1v) is 8.10. The Morgan fingerprint density at radius 2 is 1.91 bits per heavy atom. The Labute approximate surface area is 131 Å². The van der Waals surface area contributed by atoms with Crippen LogP contribution in [0.3, 0.4) is 0 Å². The number of methoxy groups -OCH3 is 1. The van der Waals surface area contributed by atoms with Gasteiger partial charge in [-0.05, 0) is 39.0 Å². The van der Waals surface area contributed by atoms with Gasteiger partial charge in [0.15, 0.2) is 12.1 Å². The predicted octanol–water partition coefficient (Wildman–Crippen LogP) is 2.35. The third kappa shape index (κ3) is 2.77. The predicted molar refractivity (Wildman–Crippen MR) is 83.1 cm³/mol. The number of nitrogens with one attached hydrogen (secondary N) is 1. The van der Waals surface area contributed by atoms with E-state index < -0.39 is 0 Å². The zero-order valence-corrected chi connectivity index (χ0v) is 13.6. The molecule has 0 radical (unpaired) electrons. The monoisotopic (exact) mass is 307 g/mol. The lowest BCUT2D eigenvalue weighted by Gasteiger charge is -2.61. The summed E-state index contributed by atoms with van der Waals surface area (Å²) in [4.78, 5) is 0. The lowest BCUT2D eigenvalue weighted by Crippen LogP contribution is -2.55. The highest BCUT2D eigenvalue weighted by molar-refractivity contribution is 5.47. The van der Waals surface area contributed by atoms with Gasteiger partial charge in [0.25, 0.3) is 0 Å². The number of anilines is 1. The van der Waals surface area contributed by atoms with Gasteiger partial charge in [-0.3, -0.25) is 0 Å². The van der Waals surface area contributed by atoms with Crippen molar-refractivity contribution in [1.82, 2.24) is 10.2 Å². The van der Waals surface area contributed by atoms with E-state index in [0.717, 1.165) is 17.4 Å². The van der Waals surface area contributed by atoms with E-state index in [1.165, 1.54) is 19.3 Å². The van der Waals surface area contributed by atoms with Crippen molar-refractivity contribution in [2.45, 2.75) is 44.8 Å². The number of aromatic nitrogens is 2. The summed E-state index contributed by atoms with van der Waals surface area (Å²) in [6, 6.07) is 1.93. The van der Waals surface area contributed by atoms with Gasteiger partial charge in [-0.15, -0.1) is 10.2 Å². The topological polar surface area (TPSA) is 65.5 Å². The molecule has 122 valence electrons. The van der Waals surface area contributed by atoms with Gasteiger partial charge in [-0.25, -0.2) is 0 Å². The molecule has 22 heavy (non-hydrogen) atoms. The molecule has 0 spiro atoms. The number of nitrogens with zero attached hydrogens (tertiary/aromatic N) is 2. The molecule has 3 saturated carbocycles. The van der Waals surface area contributed by atoms with Crippen LogP contribution in [0.1, 0.15) is 38.8 Å². The average molecular weight is 307 g/mol. The van der Waals surface area contributed by atoms with E-state index in [4.69, 9.17) is 14.2 Å². The Balaban J connectivity index is 1.64. The molecule has 0 atom stereocenters. The van der Waals surface area contributed by atoms with Crippen molar-refractivity contribution in [2.75, 3.05) is 32.2 Å². The molecule has 1 N–H and O–H groups in total. The summed E-state index contributed by atoms with van der Waals surface area (Å²) in [7, 11) is 1.69. The quantitative estimate of drug-likeness (QED) is 0.707. The highest BCUT2D eigenvalue weighted by Crippen LogP contribution is 2.65. The summed E-state index contributed by atoms with van der Waals surface area (Å²) < 4.78 is 16.5. The zero-order valence-electron chi connectivity index (χ0n) is 13.6. The zero-order chi connectivity index (χ0) is 15.6. The second-order valence-electron chi connectivity index (χ2n) is 6.13. The number of rotatable bonds is 9. The number of ether oxygens (including phenoxy) is 3. The fourth-order valence-corrected chi connectivity index (χ4v) is 3.48. The van der Waals surface area contributed by atoms with Crippen molar-refractivity contribution < 1.29 is 14.2 Å². The van der Waals surface area contributed by atoms with Gasteiger partial charge in [0, 0.05) is 24.7 Å². The minimum absolute atomic E-state index is 0.251. The van der Waals surface area contributed by atoms with Crippen molar-refractivity contribution in [1.29, 1.82) is 0 Å². The van der Waals surface area contributed by atoms with Crippen LogP contribution in [0.25, 0.3) is 0 Å². The lowest BCUT2D eigenvalue weighted by atomic mass is 9.43. The summed E-state index contributed by atoms with van der Waals surface area (Å²) in [6.45, 7) is 5.67. The Morgan fingerprint density at radius 3 is 2.41 bits per heavy atom. The SMILES string of the molecule is CCOC(CNc1cc(OC)c(C23CC(C2)C3)nn1)OCC. The van der Waals surface area contributed by atoms with Crippen molar-refractivity contribution in [3.05, 3.63) is 11.8 Å². The molecule has 0 aromatic carbocycles. The van der Waals surface area contributed by atoms with Crippen molar-refractivity contribution in [3.8, 4) is 5.75 Å². The van der Waals surface area contributed by atoms with Crippen LogP contribution in [0.2, 0.25) is 0 Å². The van der Waals surface area contributed by atoms with Crippen LogP contribution in [-0.4, -0.2) is 43.4 Å². The summed E-state index contributed by atoms with van der Waals surface area (Å²) in [5.41, 5.74) is 1.27. The average Bonchev–Trinajstić information content (AvgIpc) is 2.43. The van der Waals surface area contributed by atoms with Crippen LogP contribution in [0.4, 0.5) is 5.82 Å². The first kappa shape index (κ1) is 15.5.